The van der Waals surface area contributed by atoms with Gasteiger partial charge in [-0.1, -0.05) is 97.1 Å². The third kappa shape index (κ3) is 8.06. The molecule has 202 valence electrons. The Morgan fingerprint density at radius 2 is 1.16 bits per heavy atom. The van der Waals surface area contributed by atoms with Crippen molar-refractivity contribution in [3.8, 4) is 0 Å². The van der Waals surface area contributed by atoms with Gasteiger partial charge in [0.25, 0.3) is 0 Å². The monoisotopic (exact) mass is 520 g/mol. The molecule has 1 fully saturated rings. The fourth-order valence-corrected chi connectivity index (χ4v) is 4.39. The van der Waals surface area contributed by atoms with Gasteiger partial charge in [-0.25, -0.2) is 0 Å². The molecule has 1 aliphatic heterocycles. The quantitative estimate of drug-likeness (QED) is 0.245. The summed E-state index contributed by atoms with van der Waals surface area (Å²) < 4.78 is 30.4. The summed E-state index contributed by atoms with van der Waals surface area (Å²) in [7, 11) is 0. The second kappa shape index (κ2) is 14.9. The minimum absolute atomic E-state index is 0.0183. The molecule has 4 rings (SSSR count). The molecule has 3 aromatic rings. The fourth-order valence-electron chi connectivity index (χ4n) is 4.39. The van der Waals surface area contributed by atoms with E-state index in [9.17, 15) is 10.2 Å². The van der Waals surface area contributed by atoms with E-state index in [-0.39, 0.29) is 33.0 Å². The standard InChI is InChI=1S/C31H36O7/c1-2-18-34-22-26(32)27-28(35-19-23-12-6-3-7-13-23)29(36-20-24-14-8-4-9-15-24)30(31(33)38-27)37-21-25-16-10-5-11-17-25/h2-17,26-33H,1,18-22H2/t26-,27-,28-,29+,30-,31+/m1/s1. The molecule has 0 unspecified atom stereocenters. The normalized spacial score (nSPS) is 24.1. The van der Waals surface area contributed by atoms with Crippen LogP contribution in [0.3, 0.4) is 0 Å². The maximum absolute atomic E-state index is 11.1. The van der Waals surface area contributed by atoms with Gasteiger partial charge in [-0.3, -0.25) is 0 Å². The van der Waals surface area contributed by atoms with Crippen LogP contribution in [0, 0.1) is 0 Å². The van der Waals surface area contributed by atoms with Gasteiger partial charge in [-0.2, -0.15) is 0 Å². The highest BCUT2D eigenvalue weighted by Gasteiger charge is 2.50. The van der Waals surface area contributed by atoms with Crippen molar-refractivity contribution in [3.05, 3.63) is 120 Å². The minimum Gasteiger partial charge on any atom is -0.388 e. The van der Waals surface area contributed by atoms with Crippen molar-refractivity contribution in [1.29, 1.82) is 0 Å². The molecule has 0 bridgehead atoms. The van der Waals surface area contributed by atoms with Gasteiger partial charge in [-0.05, 0) is 16.7 Å². The smallest absolute Gasteiger partial charge is 0.184 e. The van der Waals surface area contributed by atoms with Crippen LogP contribution in [0.5, 0.6) is 0 Å². The number of aliphatic hydroxyl groups is 2. The van der Waals surface area contributed by atoms with Crippen molar-refractivity contribution < 1.29 is 33.9 Å². The van der Waals surface area contributed by atoms with E-state index in [0.29, 0.717) is 0 Å². The summed E-state index contributed by atoms with van der Waals surface area (Å²) in [5.41, 5.74) is 2.87. The zero-order valence-electron chi connectivity index (χ0n) is 21.4. The number of ether oxygens (including phenoxy) is 5. The molecular formula is C31H36O7. The van der Waals surface area contributed by atoms with Crippen LogP contribution in [0.25, 0.3) is 0 Å². The lowest BCUT2D eigenvalue weighted by atomic mass is 9.94. The van der Waals surface area contributed by atoms with Gasteiger partial charge < -0.3 is 33.9 Å². The molecule has 0 spiro atoms. The first-order chi connectivity index (χ1) is 18.7. The molecule has 0 radical (unpaired) electrons. The van der Waals surface area contributed by atoms with Gasteiger partial charge in [0.1, 0.15) is 30.5 Å². The molecule has 6 atom stereocenters. The number of rotatable bonds is 14. The van der Waals surface area contributed by atoms with E-state index in [2.05, 4.69) is 6.58 Å². The summed E-state index contributed by atoms with van der Waals surface area (Å²) >= 11 is 0. The summed E-state index contributed by atoms with van der Waals surface area (Å²) in [6.45, 7) is 4.68. The van der Waals surface area contributed by atoms with E-state index in [0.717, 1.165) is 16.7 Å². The lowest BCUT2D eigenvalue weighted by Crippen LogP contribution is -2.63. The highest BCUT2D eigenvalue weighted by Crippen LogP contribution is 2.31. The Kier molecular flexibility index (Phi) is 11.0. The Hall–Kier alpha value is -2.88. The molecule has 3 aromatic carbocycles. The van der Waals surface area contributed by atoms with Crippen LogP contribution in [-0.4, -0.2) is 60.2 Å². The molecule has 1 saturated heterocycles. The lowest BCUT2D eigenvalue weighted by molar-refractivity contribution is -0.325. The van der Waals surface area contributed by atoms with E-state index < -0.39 is 36.8 Å². The van der Waals surface area contributed by atoms with E-state index >= 15 is 0 Å². The van der Waals surface area contributed by atoms with Crippen molar-refractivity contribution in [3.63, 3.8) is 0 Å². The summed E-state index contributed by atoms with van der Waals surface area (Å²) in [6, 6.07) is 29.1. The van der Waals surface area contributed by atoms with Crippen LogP contribution in [0.4, 0.5) is 0 Å². The molecule has 0 aromatic heterocycles. The molecule has 7 nitrogen and oxygen atoms in total. The van der Waals surface area contributed by atoms with Gasteiger partial charge >= 0.3 is 0 Å². The second-order valence-corrected chi connectivity index (χ2v) is 9.17. The fraction of sp³-hybridized carbons (Fsp3) is 0.355. The summed E-state index contributed by atoms with van der Waals surface area (Å²) in [4.78, 5) is 0. The molecular weight excluding hydrogens is 484 g/mol. The highest BCUT2D eigenvalue weighted by atomic mass is 16.7. The first-order valence-electron chi connectivity index (χ1n) is 12.8. The zero-order chi connectivity index (χ0) is 26.6. The third-order valence-corrected chi connectivity index (χ3v) is 6.31. The Morgan fingerprint density at radius 3 is 1.63 bits per heavy atom. The lowest BCUT2D eigenvalue weighted by Gasteiger charge is -2.45. The number of benzene rings is 3. The Morgan fingerprint density at radius 1 is 0.711 bits per heavy atom. The van der Waals surface area contributed by atoms with E-state index in [4.69, 9.17) is 23.7 Å². The average molecular weight is 521 g/mol. The van der Waals surface area contributed by atoms with Crippen molar-refractivity contribution in [2.24, 2.45) is 0 Å². The molecule has 7 heteroatoms. The molecule has 0 saturated carbocycles. The Labute approximate surface area is 224 Å². The predicted octanol–water partition coefficient (Wildman–Crippen LogP) is 4.02. The van der Waals surface area contributed by atoms with Crippen LogP contribution in [0.15, 0.2) is 104 Å². The van der Waals surface area contributed by atoms with Gasteiger partial charge in [0.05, 0.1) is 33.0 Å². The van der Waals surface area contributed by atoms with Crippen molar-refractivity contribution >= 4 is 0 Å². The Balaban J connectivity index is 1.58. The maximum Gasteiger partial charge on any atom is 0.184 e. The summed E-state index contributed by atoms with van der Waals surface area (Å²) in [6.07, 6.45) is -4.12. The molecule has 1 heterocycles. The molecule has 0 aliphatic carbocycles. The first-order valence-corrected chi connectivity index (χ1v) is 12.8. The summed E-state index contributed by atoms with van der Waals surface area (Å²) in [5, 5.41) is 22.1. The highest BCUT2D eigenvalue weighted by molar-refractivity contribution is 5.15. The first kappa shape index (κ1) is 28.1. The number of aliphatic hydroxyl groups excluding tert-OH is 2. The SMILES string of the molecule is C=CCOC[C@@H](O)[C@H]1O[C@H](O)[C@H](OCc2ccccc2)[C@@H](OCc2ccccc2)[C@@H]1OCc1ccccc1. The van der Waals surface area contributed by atoms with Crippen LogP contribution in [-0.2, 0) is 43.5 Å². The number of hydrogen-bond acceptors (Lipinski definition) is 7. The summed E-state index contributed by atoms with van der Waals surface area (Å²) in [5.74, 6) is 0. The van der Waals surface area contributed by atoms with E-state index in [1.807, 2.05) is 91.0 Å². The zero-order valence-corrected chi connectivity index (χ0v) is 21.4. The van der Waals surface area contributed by atoms with Gasteiger partial charge in [0.2, 0.25) is 0 Å². The largest absolute Gasteiger partial charge is 0.388 e. The van der Waals surface area contributed by atoms with Gasteiger partial charge in [-0.15, -0.1) is 6.58 Å². The van der Waals surface area contributed by atoms with Crippen molar-refractivity contribution in [1.82, 2.24) is 0 Å². The molecule has 0 amide bonds. The number of hydrogen-bond donors (Lipinski definition) is 2. The van der Waals surface area contributed by atoms with Crippen LogP contribution in [0.2, 0.25) is 0 Å². The van der Waals surface area contributed by atoms with Crippen LogP contribution < -0.4 is 0 Å². The molecule has 1 aliphatic rings. The minimum atomic E-state index is -1.35. The molecule has 2 N–H and O–H groups in total. The van der Waals surface area contributed by atoms with E-state index in [1.165, 1.54) is 0 Å². The topological polar surface area (TPSA) is 86.6 Å². The van der Waals surface area contributed by atoms with Gasteiger partial charge in [0.15, 0.2) is 6.29 Å². The Bertz CT molecular complexity index is 1060. The van der Waals surface area contributed by atoms with Crippen LogP contribution in [0.1, 0.15) is 16.7 Å². The maximum atomic E-state index is 11.1. The van der Waals surface area contributed by atoms with Gasteiger partial charge in [0, 0.05) is 0 Å². The van der Waals surface area contributed by atoms with E-state index in [1.54, 1.807) is 6.08 Å². The second-order valence-electron chi connectivity index (χ2n) is 9.17. The van der Waals surface area contributed by atoms with Crippen molar-refractivity contribution in [2.45, 2.75) is 56.6 Å². The average Bonchev–Trinajstić information content (AvgIpc) is 2.96. The molecule has 38 heavy (non-hydrogen) atoms. The third-order valence-electron chi connectivity index (χ3n) is 6.31. The van der Waals surface area contributed by atoms with Crippen LogP contribution >= 0.6 is 0 Å². The van der Waals surface area contributed by atoms with Crippen molar-refractivity contribution in [2.75, 3.05) is 13.2 Å². The predicted molar refractivity (Wildman–Crippen MR) is 143 cm³/mol.